The van der Waals surface area contributed by atoms with Crippen molar-refractivity contribution in [2.24, 2.45) is 0 Å². The van der Waals surface area contributed by atoms with Crippen LogP contribution >= 0.6 is 34.2 Å². The minimum Gasteiger partial charge on any atom is -0.333 e. The van der Waals surface area contributed by atoms with Gasteiger partial charge in [-0.3, -0.25) is 0 Å². The van der Waals surface area contributed by atoms with E-state index in [1.54, 1.807) is 6.07 Å². The second-order valence-electron chi connectivity index (χ2n) is 2.47. The maximum Gasteiger partial charge on any atom is 0.260 e. The first-order valence-electron chi connectivity index (χ1n) is 3.62. The summed E-state index contributed by atoms with van der Waals surface area (Å²) in [4.78, 5) is 3.94. The van der Waals surface area contributed by atoms with Crippen LogP contribution in [0.4, 0.5) is 4.39 Å². The summed E-state index contributed by atoms with van der Waals surface area (Å²) in [7, 11) is 0. The van der Waals surface area contributed by atoms with Crippen molar-refractivity contribution in [2.75, 3.05) is 0 Å². The van der Waals surface area contributed by atoms with Crippen LogP contribution < -0.4 is 0 Å². The van der Waals surface area contributed by atoms with E-state index >= 15 is 0 Å². The highest BCUT2D eigenvalue weighted by atomic mass is 127. The van der Waals surface area contributed by atoms with Crippen LogP contribution in [0.15, 0.2) is 22.7 Å². The molecule has 0 bridgehead atoms. The lowest BCUT2D eigenvalue weighted by atomic mass is 10.2. The van der Waals surface area contributed by atoms with E-state index in [0.717, 1.165) is 0 Å². The number of rotatable bonds is 1. The molecule has 0 fully saturated rings. The van der Waals surface area contributed by atoms with E-state index in [1.165, 1.54) is 12.1 Å². The zero-order valence-electron chi connectivity index (χ0n) is 6.67. The Balaban J connectivity index is 2.57. The normalized spacial score (nSPS) is 10.5. The SMILES string of the molecule is Fc1cccc(-c2nc(I)no2)c1Cl. The van der Waals surface area contributed by atoms with Gasteiger partial charge in [0.05, 0.1) is 10.6 Å². The number of hydrogen-bond donors (Lipinski definition) is 0. The van der Waals surface area contributed by atoms with Crippen molar-refractivity contribution in [3.8, 4) is 11.5 Å². The molecular formula is C8H3ClFIN2O. The van der Waals surface area contributed by atoms with E-state index in [9.17, 15) is 4.39 Å². The first-order chi connectivity index (χ1) is 6.68. The lowest BCUT2D eigenvalue weighted by Gasteiger charge is -1.98. The fraction of sp³-hybridized carbons (Fsp3) is 0. The Morgan fingerprint density at radius 1 is 1.43 bits per heavy atom. The standard InChI is InChI=1S/C8H3ClFIN2O/c9-6-4(2-1-3-5(6)10)7-12-8(11)13-14-7/h1-3H. The van der Waals surface area contributed by atoms with Gasteiger partial charge in [0.2, 0.25) is 3.83 Å². The molecule has 0 saturated carbocycles. The molecular weight excluding hydrogens is 321 g/mol. The maximum absolute atomic E-state index is 13.0. The lowest BCUT2D eigenvalue weighted by molar-refractivity contribution is 0.425. The quantitative estimate of drug-likeness (QED) is 0.757. The van der Waals surface area contributed by atoms with Gasteiger partial charge in [-0.1, -0.05) is 22.8 Å². The minimum absolute atomic E-state index is 0.00690. The van der Waals surface area contributed by atoms with E-state index in [2.05, 4.69) is 10.1 Å². The summed E-state index contributed by atoms with van der Waals surface area (Å²) in [6, 6.07) is 4.43. The largest absolute Gasteiger partial charge is 0.333 e. The fourth-order valence-electron chi connectivity index (χ4n) is 0.984. The van der Waals surface area contributed by atoms with E-state index in [-0.39, 0.29) is 10.9 Å². The predicted octanol–water partition coefficient (Wildman–Crippen LogP) is 3.13. The molecule has 2 rings (SSSR count). The first kappa shape index (κ1) is 9.85. The molecule has 72 valence electrons. The monoisotopic (exact) mass is 324 g/mol. The topological polar surface area (TPSA) is 38.9 Å². The van der Waals surface area contributed by atoms with Gasteiger partial charge in [-0.05, 0) is 12.1 Å². The number of hydrogen-bond acceptors (Lipinski definition) is 3. The zero-order valence-corrected chi connectivity index (χ0v) is 9.58. The molecule has 0 atom stereocenters. The molecule has 0 saturated heterocycles. The number of benzene rings is 1. The van der Waals surface area contributed by atoms with Gasteiger partial charge in [-0.15, -0.1) is 0 Å². The molecule has 0 spiro atoms. The molecule has 0 amide bonds. The third-order valence-corrected chi connectivity index (χ3v) is 2.41. The summed E-state index contributed by atoms with van der Waals surface area (Å²) in [5.74, 6) is -0.281. The Morgan fingerprint density at radius 3 is 2.86 bits per heavy atom. The molecule has 1 aromatic carbocycles. The third kappa shape index (κ3) is 1.74. The summed E-state index contributed by atoms with van der Waals surface area (Å²) >= 11 is 7.63. The average molecular weight is 324 g/mol. The molecule has 0 aliphatic rings. The maximum atomic E-state index is 13.0. The van der Waals surface area contributed by atoms with E-state index < -0.39 is 5.82 Å². The van der Waals surface area contributed by atoms with Crippen molar-refractivity contribution in [1.29, 1.82) is 0 Å². The Morgan fingerprint density at radius 2 is 2.21 bits per heavy atom. The summed E-state index contributed by atoms with van der Waals surface area (Å²) in [6.07, 6.45) is 0. The molecule has 1 heterocycles. The molecule has 0 radical (unpaired) electrons. The molecule has 0 unspecified atom stereocenters. The molecule has 1 aromatic heterocycles. The van der Waals surface area contributed by atoms with E-state index in [4.69, 9.17) is 16.1 Å². The van der Waals surface area contributed by atoms with E-state index in [1.807, 2.05) is 22.6 Å². The zero-order chi connectivity index (χ0) is 10.1. The van der Waals surface area contributed by atoms with Crippen molar-refractivity contribution in [2.45, 2.75) is 0 Å². The molecule has 0 N–H and O–H groups in total. The predicted molar refractivity (Wildman–Crippen MR) is 57.4 cm³/mol. The molecule has 14 heavy (non-hydrogen) atoms. The van der Waals surface area contributed by atoms with Crippen LogP contribution in [-0.2, 0) is 0 Å². The van der Waals surface area contributed by atoms with Crippen LogP contribution in [0.25, 0.3) is 11.5 Å². The smallest absolute Gasteiger partial charge is 0.260 e. The number of nitrogens with zero attached hydrogens (tertiary/aromatic N) is 2. The number of aromatic nitrogens is 2. The van der Waals surface area contributed by atoms with Crippen LogP contribution in [-0.4, -0.2) is 10.1 Å². The lowest BCUT2D eigenvalue weighted by Crippen LogP contribution is -1.83. The highest BCUT2D eigenvalue weighted by Crippen LogP contribution is 2.28. The van der Waals surface area contributed by atoms with Gasteiger partial charge in [0.1, 0.15) is 5.82 Å². The summed E-state index contributed by atoms with van der Waals surface area (Å²) in [5, 5.41) is 3.58. The molecule has 0 aliphatic heterocycles. The van der Waals surface area contributed by atoms with Crippen LogP contribution in [0.1, 0.15) is 0 Å². The van der Waals surface area contributed by atoms with Gasteiger partial charge in [0.15, 0.2) is 0 Å². The summed E-state index contributed by atoms with van der Waals surface area (Å²) in [6.45, 7) is 0. The van der Waals surface area contributed by atoms with Crippen LogP contribution in [0, 0.1) is 9.65 Å². The third-order valence-electron chi connectivity index (χ3n) is 1.58. The summed E-state index contributed by atoms with van der Waals surface area (Å²) < 4.78 is 18.4. The van der Waals surface area contributed by atoms with Crippen molar-refractivity contribution in [3.05, 3.63) is 32.9 Å². The van der Waals surface area contributed by atoms with Gasteiger partial charge in [0, 0.05) is 22.6 Å². The van der Waals surface area contributed by atoms with Crippen LogP contribution in [0.5, 0.6) is 0 Å². The van der Waals surface area contributed by atoms with Crippen molar-refractivity contribution < 1.29 is 8.91 Å². The van der Waals surface area contributed by atoms with Gasteiger partial charge in [0.25, 0.3) is 5.89 Å². The fourth-order valence-corrected chi connectivity index (χ4v) is 1.51. The van der Waals surface area contributed by atoms with Crippen molar-refractivity contribution in [3.63, 3.8) is 0 Å². The minimum atomic E-state index is -0.502. The van der Waals surface area contributed by atoms with Gasteiger partial charge >= 0.3 is 0 Å². The van der Waals surface area contributed by atoms with E-state index in [0.29, 0.717) is 9.39 Å². The van der Waals surface area contributed by atoms with Gasteiger partial charge in [-0.2, -0.15) is 4.98 Å². The Hall–Kier alpha value is -0.690. The number of halogens is 3. The van der Waals surface area contributed by atoms with Gasteiger partial charge in [-0.25, -0.2) is 4.39 Å². The Labute approximate surface area is 97.4 Å². The first-order valence-corrected chi connectivity index (χ1v) is 5.08. The molecule has 6 heteroatoms. The summed E-state index contributed by atoms with van der Waals surface area (Å²) in [5.41, 5.74) is 0.405. The average Bonchev–Trinajstić information content (AvgIpc) is 2.57. The molecule has 3 nitrogen and oxygen atoms in total. The van der Waals surface area contributed by atoms with Gasteiger partial charge < -0.3 is 4.52 Å². The van der Waals surface area contributed by atoms with Crippen molar-refractivity contribution in [1.82, 2.24) is 10.1 Å². The molecule has 2 aromatic rings. The highest BCUT2D eigenvalue weighted by Gasteiger charge is 2.13. The molecule has 0 aliphatic carbocycles. The van der Waals surface area contributed by atoms with Crippen molar-refractivity contribution >= 4 is 34.2 Å². The Bertz CT molecular complexity index is 474. The second-order valence-corrected chi connectivity index (χ2v) is 3.81. The van der Waals surface area contributed by atoms with Crippen LogP contribution in [0.2, 0.25) is 5.02 Å². The van der Waals surface area contributed by atoms with Crippen LogP contribution in [0.3, 0.4) is 0 Å². The highest BCUT2D eigenvalue weighted by molar-refractivity contribution is 14.1. The Kier molecular flexibility index (Phi) is 2.69. The second kappa shape index (κ2) is 3.82.